The van der Waals surface area contributed by atoms with E-state index in [-0.39, 0.29) is 5.41 Å². The minimum absolute atomic E-state index is 0.00606. The zero-order valence-electron chi connectivity index (χ0n) is 14.9. The second-order valence-corrected chi connectivity index (χ2v) is 7.63. The van der Waals surface area contributed by atoms with Crippen molar-refractivity contribution in [2.75, 3.05) is 18.0 Å². The fraction of sp³-hybridized carbons (Fsp3) is 0.500. The molecule has 0 N–H and O–H groups in total. The van der Waals surface area contributed by atoms with E-state index in [4.69, 9.17) is 5.10 Å². The van der Waals surface area contributed by atoms with Gasteiger partial charge < -0.3 is 4.90 Å². The molecule has 0 atom stereocenters. The maximum atomic E-state index is 4.82. The van der Waals surface area contributed by atoms with Crippen molar-refractivity contribution in [3.63, 3.8) is 0 Å². The second-order valence-electron chi connectivity index (χ2n) is 7.63. The lowest BCUT2D eigenvalue weighted by molar-refractivity contribution is 0.470. The Hall–Kier alpha value is -2.57. The second kappa shape index (κ2) is 6.06. The van der Waals surface area contributed by atoms with Gasteiger partial charge in [0.05, 0.1) is 5.69 Å². The van der Waals surface area contributed by atoms with Crippen LogP contribution >= 0.6 is 0 Å². The van der Waals surface area contributed by atoms with Crippen molar-refractivity contribution in [3.05, 3.63) is 42.2 Å². The molecule has 25 heavy (non-hydrogen) atoms. The van der Waals surface area contributed by atoms with Crippen molar-refractivity contribution < 1.29 is 0 Å². The summed E-state index contributed by atoms with van der Waals surface area (Å²) < 4.78 is 1.94. The van der Waals surface area contributed by atoms with E-state index in [0.717, 1.165) is 48.9 Å². The Balaban J connectivity index is 1.57. The van der Waals surface area contributed by atoms with Gasteiger partial charge >= 0.3 is 0 Å². The smallest absolute Gasteiger partial charge is 0.177 e. The predicted octanol–water partition coefficient (Wildman–Crippen LogP) is 2.60. The molecule has 4 heterocycles. The summed E-state index contributed by atoms with van der Waals surface area (Å²) >= 11 is 0. The largest absolute Gasteiger partial charge is 0.356 e. The molecule has 0 radical (unpaired) electrons. The first kappa shape index (κ1) is 15.9. The highest BCUT2D eigenvalue weighted by atomic mass is 15.4. The van der Waals surface area contributed by atoms with Gasteiger partial charge in [-0.05, 0) is 31.0 Å². The van der Waals surface area contributed by atoms with Crippen molar-refractivity contribution in [1.82, 2.24) is 29.8 Å². The van der Waals surface area contributed by atoms with Crippen LogP contribution in [0, 0.1) is 0 Å². The summed E-state index contributed by atoms with van der Waals surface area (Å²) in [6.07, 6.45) is 5.43. The van der Waals surface area contributed by atoms with E-state index in [1.165, 1.54) is 0 Å². The van der Waals surface area contributed by atoms with Crippen molar-refractivity contribution in [2.45, 2.75) is 44.9 Å². The molecule has 3 aromatic heterocycles. The molecule has 130 valence electrons. The normalized spacial score (nSPS) is 16.5. The van der Waals surface area contributed by atoms with Crippen LogP contribution in [0.3, 0.4) is 0 Å². The summed E-state index contributed by atoms with van der Waals surface area (Å²) in [6, 6.07) is 6.02. The van der Waals surface area contributed by atoms with Crippen LogP contribution in [0.2, 0.25) is 0 Å². The molecule has 0 unspecified atom stereocenters. The first-order valence-electron chi connectivity index (χ1n) is 8.76. The van der Waals surface area contributed by atoms with E-state index in [1.54, 1.807) is 12.5 Å². The topological polar surface area (TPSA) is 72.1 Å². The summed E-state index contributed by atoms with van der Waals surface area (Å²) in [5.41, 5.74) is 1.88. The summed E-state index contributed by atoms with van der Waals surface area (Å²) in [6.45, 7) is 8.42. The van der Waals surface area contributed by atoms with E-state index < -0.39 is 0 Å². The van der Waals surface area contributed by atoms with Crippen LogP contribution in [0.25, 0.3) is 5.65 Å². The minimum atomic E-state index is 0.00606. The zero-order valence-corrected chi connectivity index (χ0v) is 14.9. The molecule has 0 aliphatic carbocycles. The quantitative estimate of drug-likeness (QED) is 0.716. The van der Waals surface area contributed by atoms with Gasteiger partial charge in [0, 0.05) is 30.6 Å². The number of piperidine rings is 1. The highest BCUT2D eigenvalue weighted by Gasteiger charge is 2.26. The van der Waals surface area contributed by atoms with E-state index >= 15 is 0 Å². The minimum Gasteiger partial charge on any atom is -0.356 e. The molecular weight excluding hydrogens is 314 g/mol. The van der Waals surface area contributed by atoms with Gasteiger partial charge in [0.2, 0.25) is 0 Å². The number of fused-ring (bicyclic) bond motifs is 1. The van der Waals surface area contributed by atoms with Gasteiger partial charge in [0.15, 0.2) is 11.5 Å². The molecule has 0 aromatic carbocycles. The average molecular weight is 337 g/mol. The SMILES string of the molecule is CC(C)(C)c1ccc2nnc(C3CCN(c4ccncn4)CC3)n2n1. The summed E-state index contributed by atoms with van der Waals surface area (Å²) in [5, 5.41) is 13.6. The van der Waals surface area contributed by atoms with E-state index in [9.17, 15) is 0 Å². The molecule has 7 nitrogen and oxygen atoms in total. The standard InChI is InChI=1S/C18H23N7/c1-18(2,3)14-4-5-16-21-22-17(25(16)23-14)13-7-10-24(11-8-13)15-6-9-19-12-20-15/h4-6,9,12-13H,7-8,10-11H2,1-3H3. The molecule has 1 fully saturated rings. The first-order chi connectivity index (χ1) is 12.0. The lowest BCUT2D eigenvalue weighted by atomic mass is 9.92. The van der Waals surface area contributed by atoms with Crippen molar-refractivity contribution in [3.8, 4) is 0 Å². The highest BCUT2D eigenvalue weighted by Crippen LogP contribution is 2.29. The maximum absolute atomic E-state index is 4.82. The fourth-order valence-electron chi connectivity index (χ4n) is 3.30. The van der Waals surface area contributed by atoms with Gasteiger partial charge in [-0.1, -0.05) is 20.8 Å². The molecule has 0 spiro atoms. The van der Waals surface area contributed by atoms with Gasteiger partial charge in [-0.25, -0.2) is 9.97 Å². The van der Waals surface area contributed by atoms with E-state index in [2.05, 4.69) is 45.8 Å². The maximum Gasteiger partial charge on any atom is 0.177 e. The number of hydrogen-bond acceptors (Lipinski definition) is 6. The Labute approximate surface area is 147 Å². The van der Waals surface area contributed by atoms with Crippen LogP contribution < -0.4 is 4.90 Å². The van der Waals surface area contributed by atoms with Crippen LogP contribution in [0.5, 0.6) is 0 Å². The summed E-state index contributed by atoms with van der Waals surface area (Å²) in [4.78, 5) is 10.6. The van der Waals surface area contributed by atoms with Gasteiger partial charge in [0.25, 0.3) is 0 Å². The molecule has 0 bridgehead atoms. The summed E-state index contributed by atoms with van der Waals surface area (Å²) in [7, 11) is 0. The van der Waals surface area contributed by atoms with Gasteiger partial charge in [-0.15, -0.1) is 10.2 Å². The Morgan fingerprint density at radius 1 is 1.04 bits per heavy atom. The fourth-order valence-corrected chi connectivity index (χ4v) is 3.30. The Kier molecular flexibility index (Phi) is 3.86. The third-order valence-corrected chi connectivity index (χ3v) is 4.81. The van der Waals surface area contributed by atoms with E-state index in [0.29, 0.717) is 5.92 Å². The molecule has 1 aliphatic heterocycles. The van der Waals surface area contributed by atoms with Crippen LogP contribution in [-0.4, -0.2) is 42.9 Å². The lowest BCUT2D eigenvalue weighted by Crippen LogP contribution is -2.34. The number of anilines is 1. The molecule has 4 rings (SSSR count). The first-order valence-corrected chi connectivity index (χ1v) is 8.76. The van der Waals surface area contributed by atoms with E-state index in [1.807, 2.05) is 22.7 Å². The average Bonchev–Trinajstić information content (AvgIpc) is 3.05. The van der Waals surface area contributed by atoms with Crippen molar-refractivity contribution >= 4 is 11.5 Å². The number of aromatic nitrogens is 6. The Bertz CT molecular complexity index is 858. The molecule has 0 amide bonds. The van der Waals surface area contributed by atoms with Crippen molar-refractivity contribution in [1.29, 1.82) is 0 Å². The third-order valence-electron chi connectivity index (χ3n) is 4.81. The Morgan fingerprint density at radius 3 is 2.52 bits per heavy atom. The zero-order chi connectivity index (χ0) is 17.4. The van der Waals surface area contributed by atoms with Crippen LogP contribution in [0.15, 0.2) is 30.7 Å². The van der Waals surface area contributed by atoms with Crippen LogP contribution in [0.1, 0.15) is 51.0 Å². The molecule has 0 saturated carbocycles. The van der Waals surface area contributed by atoms with Crippen LogP contribution in [0.4, 0.5) is 5.82 Å². The third kappa shape index (κ3) is 3.06. The van der Waals surface area contributed by atoms with Crippen LogP contribution in [-0.2, 0) is 5.41 Å². The number of nitrogens with zero attached hydrogens (tertiary/aromatic N) is 7. The number of rotatable bonds is 2. The van der Waals surface area contributed by atoms with Gasteiger partial charge in [-0.3, -0.25) is 0 Å². The predicted molar refractivity (Wildman–Crippen MR) is 95.7 cm³/mol. The molecule has 7 heteroatoms. The van der Waals surface area contributed by atoms with Gasteiger partial charge in [0.1, 0.15) is 12.1 Å². The lowest BCUT2D eigenvalue weighted by Gasteiger charge is -2.31. The molecular formula is C18H23N7. The summed E-state index contributed by atoms with van der Waals surface area (Å²) in [5.74, 6) is 2.34. The highest BCUT2D eigenvalue weighted by molar-refractivity contribution is 5.39. The monoisotopic (exact) mass is 337 g/mol. The molecule has 1 aliphatic rings. The van der Waals surface area contributed by atoms with Crippen molar-refractivity contribution in [2.24, 2.45) is 0 Å². The molecule has 1 saturated heterocycles. The molecule has 3 aromatic rings. The van der Waals surface area contributed by atoms with Gasteiger partial charge in [-0.2, -0.15) is 9.61 Å². The Morgan fingerprint density at radius 2 is 1.84 bits per heavy atom. The number of hydrogen-bond donors (Lipinski definition) is 0.